The van der Waals surface area contributed by atoms with Crippen LogP contribution in [0.5, 0.6) is 17.4 Å². The van der Waals surface area contributed by atoms with Gasteiger partial charge >= 0.3 is 0 Å². The minimum absolute atomic E-state index is 0.0570. The number of carbonyl (C=O) groups excluding carboxylic acids is 1. The van der Waals surface area contributed by atoms with Gasteiger partial charge in [0.05, 0.1) is 18.5 Å². The summed E-state index contributed by atoms with van der Waals surface area (Å²) in [6.07, 6.45) is 0.817. The van der Waals surface area contributed by atoms with Crippen molar-refractivity contribution >= 4 is 11.6 Å². The molecule has 0 spiro atoms. The summed E-state index contributed by atoms with van der Waals surface area (Å²) in [4.78, 5) is 12.5. The summed E-state index contributed by atoms with van der Waals surface area (Å²) in [5.74, 6) is 2.02. The molecule has 6 nitrogen and oxygen atoms in total. The third kappa shape index (κ3) is 4.98. The first-order valence-electron chi connectivity index (χ1n) is 10.4. The summed E-state index contributed by atoms with van der Waals surface area (Å²) in [7, 11) is 1.63. The number of methoxy groups -OCH3 is 1. The van der Waals surface area contributed by atoms with Gasteiger partial charge in [-0.15, -0.1) is 0 Å². The smallest absolute Gasteiger partial charge is 0.226 e. The maximum Gasteiger partial charge on any atom is 0.226 e. The minimum Gasteiger partial charge on any atom is -0.497 e. The molecule has 32 heavy (non-hydrogen) atoms. The van der Waals surface area contributed by atoms with Crippen LogP contribution in [0, 0.1) is 6.92 Å². The number of ether oxygens (including phenoxy) is 2. The molecule has 3 aromatic carbocycles. The summed E-state index contributed by atoms with van der Waals surface area (Å²) >= 11 is 0. The Labute approximate surface area is 187 Å². The SMILES string of the molecule is COc1ccc(-n2nc(C)c(CCC(=O)Nc3ccccc3)c2Oc2ccccc2)cc1. The zero-order valence-electron chi connectivity index (χ0n) is 18.1. The van der Waals surface area contributed by atoms with Crippen LogP contribution in [0.3, 0.4) is 0 Å². The molecule has 1 N–H and O–H groups in total. The number of benzene rings is 3. The molecule has 0 aliphatic rings. The highest BCUT2D eigenvalue weighted by atomic mass is 16.5. The monoisotopic (exact) mass is 427 g/mol. The van der Waals surface area contributed by atoms with Gasteiger partial charge in [0, 0.05) is 17.7 Å². The van der Waals surface area contributed by atoms with Crippen molar-refractivity contribution in [1.29, 1.82) is 0 Å². The zero-order valence-corrected chi connectivity index (χ0v) is 18.1. The van der Waals surface area contributed by atoms with Crippen molar-refractivity contribution in [2.45, 2.75) is 19.8 Å². The summed E-state index contributed by atoms with van der Waals surface area (Å²) in [5, 5.41) is 7.64. The third-order valence-corrected chi connectivity index (χ3v) is 5.07. The number of aryl methyl sites for hydroxylation is 1. The topological polar surface area (TPSA) is 65.4 Å². The fourth-order valence-corrected chi connectivity index (χ4v) is 3.41. The second kappa shape index (κ2) is 9.83. The number of para-hydroxylation sites is 2. The van der Waals surface area contributed by atoms with E-state index in [1.165, 1.54) is 0 Å². The Hall–Kier alpha value is -4.06. The van der Waals surface area contributed by atoms with Gasteiger partial charge in [-0.1, -0.05) is 36.4 Å². The molecular weight excluding hydrogens is 402 g/mol. The molecule has 1 aromatic heterocycles. The summed E-state index contributed by atoms with van der Waals surface area (Å²) < 4.78 is 13.3. The van der Waals surface area contributed by atoms with E-state index < -0.39 is 0 Å². The summed E-state index contributed by atoms with van der Waals surface area (Å²) in [6.45, 7) is 1.93. The van der Waals surface area contributed by atoms with Crippen LogP contribution in [0.4, 0.5) is 5.69 Å². The number of nitrogens with one attached hydrogen (secondary N) is 1. The fraction of sp³-hybridized carbons (Fsp3) is 0.154. The van der Waals surface area contributed by atoms with Gasteiger partial charge in [-0.05, 0) is 61.9 Å². The van der Waals surface area contributed by atoms with Crippen LogP contribution in [0.2, 0.25) is 0 Å². The van der Waals surface area contributed by atoms with E-state index in [9.17, 15) is 4.79 Å². The Balaban J connectivity index is 1.61. The predicted molar refractivity (Wildman–Crippen MR) is 125 cm³/mol. The molecule has 6 heteroatoms. The molecule has 0 aliphatic carbocycles. The number of rotatable bonds is 8. The molecule has 4 aromatic rings. The predicted octanol–water partition coefficient (Wildman–Crippen LogP) is 5.55. The zero-order chi connectivity index (χ0) is 22.3. The lowest BCUT2D eigenvalue weighted by atomic mass is 10.1. The van der Waals surface area contributed by atoms with Crippen LogP contribution in [0.25, 0.3) is 5.69 Å². The van der Waals surface area contributed by atoms with Crippen molar-refractivity contribution in [2.75, 3.05) is 12.4 Å². The van der Waals surface area contributed by atoms with Gasteiger partial charge in [-0.3, -0.25) is 4.79 Å². The molecule has 1 heterocycles. The number of hydrogen-bond donors (Lipinski definition) is 1. The standard InChI is InChI=1S/C26H25N3O3/c1-19-24(17-18-25(30)27-20-9-5-3-6-10-20)26(32-23-11-7-4-8-12-23)29(28-19)21-13-15-22(31-2)16-14-21/h3-16H,17-18H2,1-2H3,(H,27,30). The van der Waals surface area contributed by atoms with Gasteiger partial charge in [0.2, 0.25) is 11.8 Å². The maximum atomic E-state index is 12.5. The molecule has 1 amide bonds. The number of carbonyl (C=O) groups is 1. The van der Waals surface area contributed by atoms with Crippen molar-refractivity contribution in [3.8, 4) is 23.1 Å². The highest BCUT2D eigenvalue weighted by molar-refractivity contribution is 5.90. The Kier molecular flexibility index (Phi) is 6.51. The van der Waals surface area contributed by atoms with Crippen molar-refractivity contribution < 1.29 is 14.3 Å². The van der Waals surface area contributed by atoms with Crippen LogP contribution in [0.15, 0.2) is 84.9 Å². The molecule has 162 valence electrons. The Morgan fingerprint density at radius 3 is 2.22 bits per heavy atom. The number of amides is 1. The molecule has 0 saturated heterocycles. The molecule has 0 bridgehead atoms. The van der Waals surface area contributed by atoms with Gasteiger partial charge in [0.25, 0.3) is 0 Å². The van der Waals surface area contributed by atoms with Gasteiger partial charge in [-0.25, -0.2) is 4.68 Å². The van der Waals surface area contributed by atoms with Gasteiger partial charge in [0.1, 0.15) is 11.5 Å². The van der Waals surface area contributed by atoms with Gasteiger partial charge in [0.15, 0.2) is 0 Å². The van der Waals surface area contributed by atoms with E-state index in [2.05, 4.69) is 5.32 Å². The quantitative estimate of drug-likeness (QED) is 0.400. The van der Waals surface area contributed by atoms with Crippen molar-refractivity contribution in [3.63, 3.8) is 0 Å². The van der Waals surface area contributed by atoms with E-state index >= 15 is 0 Å². The molecule has 0 fully saturated rings. The maximum absolute atomic E-state index is 12.5. The molecule has 4 rings (SSSR count). The van der Waals surface area contributed by atoms with Crippen LogP contribution in [-0.2, 0) is 11.2 Å². The number of hydrogen-bond acceptors (Lipinski definition) is 4. The van der Waals surface area contributed by atoms with Crippen LogP contribution >= 0.6 is 0 Å². The van der Waals surface area contributed by atoms with Gasteiger partial charge < -0.3 is 14.8 Å². The van der Waals surface area contributed by atoms with Crippen LogP contribution in [0.1, 0.15) is 17.7 Å². The van der Waals surface area contributed by atoms with Gasteiger partial charge in [-0.2, -0.15) is 5.10 Å². The lowest BCUT2D eigenvalue weighted by Crippen LogP contribution is -2.12. The van der Waals surface area contributed by atoms with E-state index in [4.69, 9.17) is 14.6 Å². The third-order valence-electron chi connectivity index (χ3n) is 5.07. The van der Waals surface area contributed by atoms with Crippen molar-refractivity contribution in [1.82, 2.24) is 9.78 Å². The number of nitrogens with zero attached hydrogens (tertiary/aromatic N) is 2. The number of anilines is 1. The van der Waals surface area contributed by atoms with Crippen LogP contribution in [-0.4, -0.2) is 22.8 Å². The summed E-state index contributed by atoms with van der Waals surface area (Å²) in [5.41, 5.74) is 3.34. The lowest BCUT2D eigenvalue weighted by molar-refractivity contribution is -0.116. The first kappa shape index (κ1) is 21.2. The first-order chi connectivity index (χ1) is 15.6. The van der Waals surface area contributed by atoms with E-state index in [0.29, 0.717) is 24.5 Å². The second-order valence-electron chi connectivity index (χ2n) is 7.31. The second-order valence-corrected chi connectivity index (χ2v) is 7.31. The molecular formula is C26H25N3O3. The average molecular weight is 428 g/mol. The minimum atomic E-state index is -0.0570. The average Bonchev–Trinajstić information content (AvgIpc) is 3.14. The van der Waals surface area contributed by atoms with Crippen molar-refractivity contribution in [2.24, 2.45) is 0 Å². The van der Waals surface area contributed by atoms with Crippen molar-refractivity contribution in [3.05, 3.63) is 96.2 Å². The first-order valence-corrected chi connectivity index (χ1v) is 10.4. The normalized spacial score (nSPS) is 10.6. The molecule has 0 radical (unpaired) electrons. The van der Waals surface area contributed by atoms with Crippen LogP contribution < -0.4 is 14.8 Å². The largest absolute Gasteiger partial charge is 0.497 e. The van der Waals surface area contributed by atoms with E-state index in [0.717, 1.165) is 28.4 Å². The molecule has 0 saturated carbocycles. The Bertz CT molecular complexity index is 1170. The van der Waals surface area contributed by atoms with E-state index in [1.807, 2.05) is 91.9 Å². The molecule has 0 aliphatic heterocycles. The highest BCUT2D eigenvalue weighted by Gasteiger charge is 2.20. The number of aromatic nitrogens is 2. The highest BCUT2D eigenvalue weighted by Crippen LogP contribution is 2.32. The van der Waals surface area contributed by atoms with E-state index in [1.54, 1.807) is 11.8 Å². The Morgan fingerprint density at radius 1 is 0.906 bits per heavy atom. The van der Waals surface area contributed by atoms with E-state index in [-0.39, 0.29) is 5.91 Å². The fourth-order valence-electron chi connectivity index (χ4n) is 3.41. The lowest BCUT2D eigenvalue weighted by Gasteiger charge is -2.12. The summed E-state index contributed by atoms with van der Waals surface area (Å²) in [6, 6.07) is 26.6. The Morgan fingerprint density at radius 2 is 1.56 bits per heavy atom. The molecule has 0 unspecified atom stereocenters. The molecule has 0 atom stereocenters.